The van der Waals surface area contributed by atoms with Gasteiger partial charge in [0, 0.05) is 17.3 Å². The Bertz CT molecular complexity index is 1180. The Balaban J connectivity index is 1.55. The van der Waals surface area contributed by atoms with Crippen LogP contribution >= 0.6 is 11.6 Å². The Kier molecular flexibility index (Phi) is 7.20. The van der Waals surface area contributed by atoms with E-state index in [1.165, 1.54) is 24.3 Å². The lowest BCUT2D eigenvalue weighted by Gasteiger charge is -2.11. The van der Waals surface area contributed by atoms with E-state index in [0.29, 0.717) is 23.0 Å². The van der Waals surface area contributed by atoms with Crippen molar-refractivity contribution >= 4 is 33.2 Å². The zero-order chi connectivity index (χ0) is 22.4. The van der Waals surface area contributed by atoms with Crippen molar-refractivity contribution in [1.82, 2.24) is 5.32 Å². The Morgan fingerprint density at radius 1 is 0.968 bits per heavy atom. The predicted molar refractivity (Wildman–Crippen MR) is 122 cm³/mol. The molecule has 0 aliphatic heterocycles. The lowest BCUT2D eigenvalue weighted by Crippen LogP contribution is -2.28. The van der Waals surface area contributed by atoms with E-state index < -0.39 is 10.0 Å². The predicted octanol–water partition coefficient (Wildman–Crippen LogP) is 4.45. The molecule has 0 saturated heterocycles. The smallest absolute Gasteiger partial charge is 0.261 e. The molecule has 3 aromatic rings. The van der Waals surface area contributed by atoms with Crippen molar-refractivity contribution in [2.45, 2.75) is 25.3 Å². The van der Waals surface area contributed by atoms with Gasteiger partial charge in [-0.15, -0.1) is 0 Å². The van der Waals surface area contributed by atoms with Gasteiger partial charge in [0.1, 0.15) is 5.75 Å². The number of nitrogens with one attached hydrogen (secondary N) is 2. The number of halogens is 1. The zero-order valence-corrected chi connectivity index (χ0v) is 18.8. The molecule has 162 valence electrons. The Hall–Kier alpha value is -3.03. The van der Waals surface area contributed by atoms with Crippen LogP contribution in [0.4, 0.5) is 5.69 Å². The molecule has 0 aromatic heterocycles. The number of aryl methyl sites for hydroxylation is 2. The minimum atomic E-state index is -3.73. The van der Waals surface area contributed by atoms with E-state index in [2.05, 4.69) is 10.0 Å². The molecule has 0 aliphatic carbocycles. The summed E-state index contributed by atoms with van der Waals surface area (Å²) in [5.41, 5.74) is 3.39. The number of sulfonamides is 1. The van der Waals surface area contributed by atoms with Crippen molar-refractivity contribution in [3.05, 3.63) is 88.4 Å². The fourth-order valence-corrected chi connectivity index (χ4v) is 4.02. The fourth-order valence-electron chi connectivity index (χ4n) is 2.77. The number of rotatable bonds is 8. The molecule has 0 heterocycles. The van der Waals surface area contributed by atoms with Crippen molar-refractivity contribution in [1.29, 1.82) is 0 Å². The lowest BCUT2D eigenvalue weighted by atomic mass is 10.1. The highest BCUT2D eigenvalue weighted by atomic mass is 35.5. The molecule has 0 bridgehead atoms. The third kappa shape index (κ3) is 6.23. The monoisotopic (exact) mass is 458 g/mol. The van der Waals surface area contributed by atoms with Crippen LogP contribution in [0.2, 0.25) is 5.02 Å². The maximum absolute atomic E-state index is 12.6. The van der Waals surface area contributed by atoms with Crippen molar-refractivity contribution in [3.63, 3.8) is 0 Å². The maximum atomic E-state index is 12.6. The molecule has 0 radical (unpaired) electrons. The van der Waals surface area contributed by atoms with Gasteiger partial charge in [0.15, 0.2) is 6.61 Å². The number of benzene rings is 3. The van der Waals surface area contributed by atoms with Gasteiger partial charge in [-0.25, -0.2) is 8.42 Å². The standard InChI is InChI=1S/C23H23ClN2O4S/c1-16-7-8-19(13-17(16)2)26-31(28,29)21-11-9-20(10-12-21)30-15-23(27)25-14-18-5-3-4-6-22(18)24/h3-13,26H,14-15H2,1-2H3,(H,25,27). The molecule has 3 rings (SSSR count). The maximum Gasteiger partial charge on any atom is 0.261 e. The third-order valence-electron chi connectivity index (χ3n) is 4.70. The van der Waals surface area contributed by atoms with Crippen LogP contribution in [0, 0.1) is 13.8 Å². The van der Waals surface area contributed by atoms with Crippen molar-refractivity contribution < 1.29 is 17.9 Å². The lowest BCUT2D eigenvalue weighted by molar-refractivity contribution is -0.123. The van der Waals surface area contributed by atoms with E-state index in [0.717, 1.165) is 16.7 Å². The highest BCUT2D eigenvalue weighted by Crippen LogP contribution is 2.21. The van der Waals surface area contributed by atoms with Gasteiger partial charge in [-0.1, -0.05) is 35.9 Å². The summed E-state index contributed by atoms with van der Waals surface area (Å²) in [5, 5.41) is 3.31. The van der Waals surface area contributed by atoms with E-state index in [1.807, 2.05) is 38.1 Å². The van der Waals surface area contributed by atoms with Crippen molar-refractivity contribution in [2.75, 3.05) is 11.3 Å². The minimum absolute atomic E-state index is 0.0984. The molecule has 0 fully saturated rings. The first kappa shape index (κ1) is 22.7. The Morgan fingerprint density at radius 3 is 2.35 bits per heavy atom. The average Bonchev–Trinajstić information content (AvgIpc) is 2.74. The van der Waals surface area contributed by atoms with E-state index in [9.17, 15) is 13.2 Å². The van der Waals surface area contributed by atoms with E-state index in [-0.39, 0.29) is 17.4 Å². The fraction of sp³-hybridized carbons (Fsp3) is 0.174. The summed E-state index contributed by atoms with van der Waals surface area (Å²) >= 11 is 6.06. The van der Waals surface area contributed by atoms with Crippen LogP contribution in [0.1, 0.15) is 16.7 Å². The van der Waals surface area contributed by atoms with Gasteiger partial charge < -0.3 is 10.1 Å². The first-order valence-corrected chi connectivity index (χ1v) is 11.4. The van der Waals surface area contributed by atoms with Crippen LogP contribution in [0.5, 0.6) is 5.75 Å². The number of anilines is 1. The second kappa shape index (κ2) is 9.85. The number of carbonyl (C=O) groups excluding carboxylic acids is 1. The van der Waals surface area contributed by atoms with Crippen LogP contribution in [0.3, 0.4) is 0 Å². The molecular formula is C23H23ClN2O4S. The van der Waals surface area contributed by atoms with Crippen LogP contribution in [0.15, 0.2) is 71.6 Å². The quantitative estimate of drug-likeness (QED) is 0.522. The normalized spacial score (nSPS) is 11.1. The van der Waals surface area contributed by atoms with E-state index in [1.54, 1.807) is 18.2 Å². The molecule has 0 atom stereocenters. The van der Waals surface area contributed by atoms with Crippen LogP contribution in [0.25, 0.3) is 0 Å². The van der Waals surface area contributed by atoms with E-state index >= 15 is 0 Å². The van der Waals surface area contributed by atoms with E-state index in [4.69, 9.17) is 16.3 Å². The Labute approximate surface area is 187 Å². The second-order valence-corrected chi connectivity index (χ2v) is 9.12. The SMILES string of the molecule is Cc1ccc(NS(=O)(=O)c2ccc(OCC(=O)NCc3ccccc3Cl)cc2)cc1C. The van der Waals surface area contributed by atoms with Gasteiger partial charge >= 0.3 is 0 Å². The summed E-state index contributed by atoms with van der Waals surface area (Å²) < 4.78 is 33.2. The van der Waals surface area contributed by atoms with Crippen LogP contribution < -0.4 is 14.8 Å². The summed E-state index contributed by atoms with van der Waals surface area (Å²) in [6.45, 7) is 3.98. The molecule has 6 nitrogen and oxygen atoms in total. The summed E-state index contributed by atoms with van der Waals surface area (Å²) in [7, 11) is -3.73. The van der Waals surface area contributed by atoms with Gasteiger partial charge in [0.2, 0.25) is 0 Å². The number of amides is 1. The molecule has 1 amide bonds. The first-order chi connectivity index (χ1) is 14.7. The number of carbonyl (C=O) groups is 1. The highest BCUT2D eigenvalue weighted by molar-refractivity contribution is 7.92. The topological polar surface area (TPSA) is 84.5 Å². The Morgan fingerprint density at radius 2 is 1.68 bits per heavy atom. The van der Waals surface area contributed by atoms with Gasteiger partial charge in [-0.05, 0) is 73.0 Å². The highest BCUT2D eigenvalue weighted by Gasteiger charge is 2.15. The summed E-state index contributed by atoms with van der Waals surface area (Å²) in [6.07, 6.45) is 0. The number of hydrogen-bond donors (Lipinski definition) is 2. The first-order valence-electron chi connectivity index (χ1n) is 9.57. The molecule has 31 heavy (non-hydrogen) atoms. The molecule has 8 heteroatoms. The molecule has 0 aliphatic rings. The van der Waals surface area contributed by atoms with Gasteiger partial charge in [0.25, 0.3) is 15.9 Å². The molecular weight excluding hydrogens is 436 g/mol. The molecule has 2 N–H and O–H groups in total. The third-order valence-corrected chi connectivity index (χ3v) is 6.46. The molecule has 0 spiro atoms. The minimum Gasteiger partial charge on any atom is -0.484 e. The van der Waals surface area contributed by atoms with Gasteiger partial charge in [-0.3, -0.25) is 9.52 Å². The van der Waals surface area contributed by atoms with Crippen LogP contribution in [-0.4, -0.2) is 20.9 Å². The largest absolute Gasteiger partial charge is 0.484 e. The van der Waals surface area contributed by atoms with Crippen LogP contribution in [-0.2, 0) is 21.4 Å². The van der Waals surface area contributed by atoms with Crippen molar-refractivity contribution in [2.24, 2.45) is 0 Å². The van der Waals surface area contributed by atoms with Gasteiger partial charge in [-0.2, -0.15) is 0 Å². The summed E-state index contributed by atoms with van der Waals surface area (Å²) in [4.78, 5) is 12.1. The number of ether oxygens (including phenoxy) is 1. The summed E-state index contributed by atoms with van der Waals surface area (Å²) in [6, 6.07) is 18.5. The molecule has 0 unspecified atom stereocenters. The average molecular weight is 459 g/mol. The molecule has 3 aromatic carbocycles. The zero-order valence-electron chi connectivity index (χ0n) is 17.2. The summed E-state index contributed by atoms with van der Waals surface area (Å²) in [5.74, 6) is 0.0750. The second-order valence-electron chi connectivity index (χ2n) is 7.03. The number of hydrogen-bond acceptors (Lipinski definition) is 4. The molecule has 0 saturated carbocycles. The van der Waals surface area contributed by atoms with Crippen molar-refractivity contribution in [3.8, 4) is 5.75 Å². The van der Waals surface area contributed by atoms with Gasteiger partial charge in [0.05, 0.1) is 4.90 Å².